The van der Waals surface area contributed by atoms with Crippen molar-refractivity contribution >= 4 is 19.7 Å². The van der Waals surface area contributed by atoms with Crippen LogP contribution in [0.5, 0.6) is 0 Å². The third-order valence-corrected chi connectivity index (χ3v) is 7.09. The van der Waals surface area contributed by atoms with Crippen LogP contribution < -0.4 is 0 Å². The van der Waals surface area contributed by atoms with E-state index in [1.807, 2.05) is 0 Å². The van der Waals surface area contributed by atoms with Gasteiger partial charge in [-0.3, -0.25) is 0 Å². The third kappa shape index (κ3) is 2.59. The Morgan fingerprint density at radius 3 is 1.89 bits per heavy atom. The molecule has 0 spiro atoms. The van der Waals surface area contributed by atoms with E-state index in [1.165, 1.54) is 45.9 Å². The van der Waals surface area contributed by atoms with Gasteiger partial charge in [-0.25, -0.2) is 16.8 Å². The molecule has 1 aromatic carbocycles. The molecule has 1 aromatic rings. The molecule has 1 radical (unpaired) electrons. The maximum atomic E-state index is 12.1. The minimum atomic E-state index is -3.66. The number of hydrogen-bond donors (Lipinski definition) is 0. The van der Waals surface area contributed by atoms with E-state index in [1.54, 1.807) is 0 Å². The van der Waals surface area contributed by atoms with E-state index in [2.05, 4.69) is 6.07 Å². The van der Waals surface area contributed by atoms with Crippen molar-refractivity contribution in [3.05, 3.63) is 24.3 Å². The van der Waals surface area contributed by atoms with E-state index in [9.17, 15) is 16.8 Å². The Hall–Kier alpha value is -0.880. The van der Waals surface area contributed by atoms with Crippen LogP contribution in [0, 0.1) is 6.07 Å². The van der Waals surface area contributed by atoms with Gasteiger partial charge in [-0.05, 0) is 33.8 Å². The predicted molar refractivity (Wildman–Crippen MR) is 69.9 cm³/mol. The van der Waals surface area contributed by atoms with Gasteiger partial charge < -0.3 is 0 Å². The molecule has 0 aliphatic heterocycles. The summed E-state index contributed by atoms with van der Waals surface area (Å²) in [6.45, 7) is 6.08. The topological polar surface area (TPSA) is 68.3 Å². The summed E-state index contributed by atoms with van der Waals surface area (Å²) in [6.07, 6.45) is 0. The Labute approximate surface area is 109 Å². The highest BCUT2D eigenvalue weighted by Gasteiger charge is 2.30. The molecule has 0 fully saturated rings. The van der Waals surface area contributed by atoms with E-state index in [0.717, 1.165) is 0 Å². The zero-order valence-electron chi connectivity index (χ0n) is 10.8. The Morgan fingerprint density at radius 1 is 0.944 bits per heavy atom. The summed E-state index contributed by atoms with van der Waals surface area (Å²) < 4.78 is 48.5. The van der Waals surface area contributed by atoms with Crippen molar-refractivity contribution < 1.29 is 16.8 Å². The molecule has 0 bridgehead atoms. The first-order valence-corrected chi connectivity index (χ1v) is 8.69. The molecule has 0 saturated heterocycles. The third-order valence-electron chi connectivity index (χ3n) is 2.61. The second-order valence-corrected chi connectivity index (χ2v) is 9.46. The van der Waals surface area contributed by atoms with E-state index >= 15 is 0 Å². The van der Waals surface area contributed by atoms with Crippen LogP contribution in [0.2, 0.25) is 0 Å². The molecule has 6 heteroatoms. The molecule has 0 saturated carbocycles. The fraction of sp³-hybridized carbons (Fsp3) is 0.500. The summed E-state index contributed by atoms with van der Waals surface area (Å²) in [5.41, 5.74) is 0. The second kappa shape index (κ2) is 5.01. The lowest BCUT2D eigenvalue weighted by molar-refractivity contribution is 0.573. The molecule has 4 nitrogen and oxygen atoms in total. The van der Waals surface area contributed by atoms with Crippen molar-refractivity contribution in [3.63, 3.8) is 0 Å². The van der Waals surface area contributed by atoms with Gasteiger partial charge in [-0.1, -0.05) is 12.1 Å². The standard InChI is InChI=1S/C12H17O4S2/c1-9(2)17(13,14)11-7-5-6-8-12(11)18(15,16)10(3)4/h5-7,9-10H,1-4H3. The zero-order valence-corrected chi connectivity index (χ0v) is 12.5. The lowest BCUT2D eigenvalue weighted by Gasteiger charge is -2.14. The quantitative estimate of drug-likeness (QED) is 0.848. The molecule has 0 amide bonds. The molecule has 0 N–H and O–H groups in total. The van der Waals surface area contributed by atoms with Gasteiger partial charge in [-0.15, -0.1) is 0 Å². The maximum Gasteiger partial charge on any atom is 0.182 e. The van der Waals surface area contributed by atoms with Crippen LogP contribution in [0.15, 0.2) is 28.0 Å². The van der Waals surface area contributed by atoms with Crippen molar-refractivity contribution in [3.8, 4) is 0 Å². The Balaban J connectivity index is 3.62. The second-order valence-electron chi connectivity index (χ2n) is 4.55. The molecule has 1 rings (SSSR count). The monoisotopic (exact) mass is 289 g/mol. The van der Waals surface area contributed by atoms with Gasteiger partial charge in [0.2, 0.25) is 0 Å². The molecule has 101 valence electrons. The average Bonchev–Trinajstić information content (AvgIpc) is 2.28. The summed E-state index contributed by atoms with van der Waals surface area (Å²) in [4.78, 5) is -0.387. The lowest BCUT2D eigenvalue weighted by Crippen LogP contribution is -2.21. The predicted octanol–water partition coefficient (Wildman–Crippen LogP) is 1.85. The zero-order chi connectivity index (χ0) is 14.1. The molecule has 18 heavy (non-hydrogen) atoms. The van der Waals surface area contributed by atoms with Crippen LogP contribution in [0.1, 0.15) is 27.7 Å². The minimum Gasteiger partial charge on any atom is -0.223 e. The van der Waals surface area contributed by atoms with E-state index in [-0.39, 0.29) is 9.79 Å². The van der Waals surface area contributed by atoms with Gasteiger partial charge in [0.25, 0.3) is 0 Å². The maximum absolute atomic E-state index is 12.1. The first kappa shape index (κ1) is 15.2. The largest absolute Gasteiger partial charge is 0.223 e. The van der Waals surface area contributed by atoms with Crippen LogP contribution in [-0.4, -0.2) is 27.3 Å². The van der Waals surface area contributed by atoms with Crippen molar-refractivity contribution in [1.29, 1.82) is 0 Å². The lowest BCUT2D eigenvalue weighted by atomic mass is 10.4. The van der Waals surface area contributed by atoms with Crippen molar-refractivity contribution in [2.24, 2.45) is 0 Å². The van der Waals surface area contributed by atoms with Crippen molar-refractivity contribution in [2.75, 3.05) is 0 Å². The van der Waals surface area contributed by atoms with Gasteiger partial charge in [-0.2, -0.15) is 0 Å². The highest BCUT2D eigenvalue weighted by Crippen LogP contribution is 2.26. The molecule has 0 heterocycles. The number of rotatable bonds is 4. The molecule has 0 aromatic heterocycles. The summed E-state index contributed by atoms with van der Waals surface area (Å²) in [5, 5.41) is -1.35. The van der Waals surface area contributed by atoms with Crippen LogP contribution in [-0.2, 0) is 19.7 Å². The Kier molecular flexibility index (Phi) is 4.23. The Bertz CT molecular complexity index is 569. The average molecular weight is 289 g/mol. The fourth-order valence-electron chi connectivity index (χ4n) is 1.34. The highest BCUT2D eigenvalue weighted by molar-refractivity contribution is 7.95. The van der Waals surface area contributed by atoms with Crippen LogP contribution in [0.3, 0.4) is 0 Å². The summed E-state index contributed by atoms with van der Waals surface area (Å²) in [5.74, 6) is 0. The minimum absolute atomic E-state index is 0.159. The van der Waals surface area contributed by atoms with E-state index < -0.39 is 30.2 Å². The number of benzene rings is 1. The smallest absolute Gasteiger partial charge is 0.182 e. The number of sulfone groups is 2. The first-order valence-electron chi connectivity index (χ1n) is 5.60. The summed E-state index contributed by atoms with van der Waals surface area (Å²) in [6, 6.07) is 6.77. The first-order chi connectivity index (χ1) is 8.11. The molecule has 0 atom stereocenters. The molecular weight excluding hydrogens is 272 g/mol. The molecule has 0 aliphatic carbocycles. The molecule has 0 aliphatic rings. The summed E-state index contributed by atoms with van der Waals surface area (Å²) in [7, 11) is -7.29. The summed E-state index contributed by atoms with van der Waals surface area (Å²) >= 11 is 0. The van der Waals surface area contributed by atoms with Crippen molar-refractivity contribution in [2.45, 2.75) is 48.0 Å². The van der Waals surface area contributed by atoms with Crippen LogP contribution >= 0.6 is 0 Å². The normalized spacial score (nSPS) is 13.2. The fourth-order valence-corrected chi connectivity index (χ4v) is 4.18. The van der Waals surface area contributed by atoms with E-state index in [0.29, 0.717) is 0 Å². The molecular formula is C12H17O4S2. The van der Waals surface area contributed by atoms with Gasteiger partial charge in [0.15, 0.2) is 19.7 Å². The molecule has 0 unspecified atom stereocenters. The van der Waals surface area contributed by atoms with Gasteiger partial charge in [0.1, 0.15) is 0 Å². The van der Waals surface area contributed by atoms with Crippen molar-refractivity contribution in [1.82, 2.24) is 0 Å². The highest BCUT2D eigenvalue weighted by atomic mass is 32.2. The van der Waals surface area contributed by atoms with Gasteiger partial charge in [0.05, 0.1) is 20.3 Å². The van der Waals surface area contributed by atoms with Gasteiger partial charge >= 0.3 is 0 Å². The van der Waals surface area contributed by atoms with Crippen LogP contribution in [0.4, 0.5) is 0 Å². The van der Waals surface area contributed by atoms with Gasteiger partial charge in [0, 0.05) is 6.07 Å². The SMILES string of the molecule is CC(C)S(=O)(=O)c1[c]cccc1S(=O)(=O)C(C)C. The Morgan fingerprint density at radius 2 is 1.44 bits per heavy atom. The van der Waals surface area contributed by atoms with E-state index in [4.69, 9.17) is 0 Å². The van der Waals surface area contributed by atoms with Crippen LogP contribution in [0.25, 0.3) is 0 Å². The number of hydrogen-bond acceptors (Lipinski definition) is 4.